The van der Waals surface area contributed by atoms with Crippen molar-refractivity contribution < 1.29 is 5.11 Å². The first-order chi connectivity index (χ1) is 8.54. The van der Waals surface area contributed by atoms with Crippen LogP contribution in [0, 0.1) is 6.92 Å². The first-order valence-corrected chi connectivity index (χ1v) is 6.91. The van der Waals surface area contributed by atoms with Gasteiger partial charge in [-0.15, -0.1) is 0 Å². The molecule has 0 saturated carbocycles. The summed E-state index contributed by atoms with van der Waals surface area (Å²) in [4.78, 5) is 0. The Morgan fingerprint density at radius 3 is 2.44 bits per heavy atom. The van der Waals surface area contributed by atoms with E-state index in [0.29, 0.717) is 11.4 Å². The van der Waals surface area contributed by atoms with Crippen molar-refractivity contribution in [1.82, 2.24) is 0 Å². The summed E-state index contributed by atoms with van der Waals surface area (Å²) in [5.41, 5.74) is 3.14. The lowest BCUT2D eigenvalue weighted by Gasteiger charge is -2.12. The summed E-state index contributed by atoms with van der Waals surface area (Å²) < 4.78 is 0.993. The summed E-state index contributed by atoms with van der Waals surface area (Å²) in [6, 6.07) is 13.6. The number of aryl methyl sites for hydroxylation is 1. The molecule has 0 radical (unpaired) electrons. The maximum atomic E-state index is 10.2. The third-order valence-electron chi connectivity index (χ3n) is 2.79. The molecule has 3 heteroatoms. The van der Waals surface area contributed by atoms with E-state index < -0.39 is 6.10 Å². The topological polar surface area (TPSA) is 20.2 Å². The van der Waals surface area contributed by atoms with Crippen LogP contribution in [0.15, 0.2) is 46.9 Å². The van der Waals surface area contributed by atoms with E-state index in [2.05, 4.69) is 15.9 Å². The fourth-order valence-electron chi connectivity index (χ4n) is 1.92. The Morgan fingerprint density at radius 2 is 1.83 bits per heavy atom. The quantitative estimate of drug-likeness (QED) is 0.868. The summed E-state index contributed by atoms with van der Waals surface area (Å²) >= 11 is 9.29. The van der Waals surface area contributed by atoms with E-state index in [4.69, 9.17) is 11.6 Å². The normalized spacial score (nSPS) is 12.4. The number of hydrogen-bond acceptors (Lipinski definition) is 1. The van der Waals surface area contributed by atoms with Gasteiger partial charge in [0.2, 0.25) is 0 Å². The van der Waals surface area contributed by atoms with Crippen molar-refractivity contribution in [2.75, 3.05) is 0 Å². The average molecular weight is 326 g/mol. The van der Waals surface area contributed by atoms with Crippen LogP contribution in [0.2, 0.25) is 5.02 Å². The summed E-state index contributed by atoms with van der Waals surface area (Å²) in [6.07, 6.45) is 0.0925. The largest absolute Gasteiger partial charge is 0.388 e. The predicted octanol–water partition coefficient (Wildman–Crippen LogP) is 4.69. The van der Waals surface area contributed by atoms with Gasteiger partial charge in [0.15, 0.2) is 0 Å². The molecule has 2 rings (SSSR count). The van der Waals surface area contributed by atoms with E-state index in [1.807, 2.05) is 49.4 Å². The molecule has 1 unspecified atom stereocenters. The van der Waals surface area contributed by atoms with Gasteiger partial charge >= 0.3 is 0 Å². The van der Waals surface area contributed by atoms with Gasteiger partial charge in [0.25, 0.3) is 0 Å². The Morgan fingerprint density at radius 1 is 1.17 bits per heavy atom. The van der Waals surface area contributed by atoms with Crippen molar-refractivity contribution in [1.29, 1.82) is 0 Å². The number of benzene rings is 2. The van der Waals surface area contributed by atoms with Gasteiger partial charge in [0, 0.05) is 15.9 Å². The smallest absolute Gasteiger partial charge is 0.0830 e. The Labute approximate surface area is 121 Å². The molecule has 0 fully saturated rings. The SMILES string of the molecule is Cc1cc(Br)cc(C(O)Cc2ccc(Cl)cc2)c1. The molecule has 1 nitrogen and oxygen atoms in total. The molecule has 18 heavy (non-hydrogen) atoms. The van der Waals surface area contributed by atoms with E-state index in [1.54, 1.807) is 0 Å². The van der Waals surface area contributed by atoms with Crippen LogP contribution in [0.5, 0.6) is 0 Å². The van der Waals surface area contributed by atoms with Crippen molar-refractivity contribution in [2.24, 2.45) is 0 Å². The molecule has 94 valence electrons. The molecule has 0 spiro atoms. The van der Waals surface area contributed by atoms with Gasteiger partial charge in [-0.1, -0.05) is 45.7 Å². The lowest BCUT2D eigenvalue weighted by Crippen LogP contribution is -2.02. The first kappa shape index (κ1) is 13.6. The minimum atomic E-state index is -0.498. The molecule has 1 atom stereocenters. The zero-order chi connectivity index (χ0) is 13.1. The molecule has 0 heterocycles. The third kappa shape index (κ3) is 3.58. The van der Waals surface area contributed by atoms with Gasteiger partial charge in [0.1, 0.15) is 0 Å². The summed E-state index contributed by atoms with van der Waals surface area (Å²) in [6.45, 7) is 2.02. The highest BCUT2D eigenvalue weighted by atomic mass is 79.9. The maximum absolute atomic E-state index is 10.2. The lowest BCUT2D eigenvalue weighted by atomic mass is 10.0. The van der Waals surface area contributed by atoms with Gasteiger partial charge in [-0.2, -0.15) is 0 Å². The van der Waals surface area contributed by atoms with Crippen LogP contribution in [0.1, 0.15) is 22.8 Å². The predicted molar refractivity (Wildman–Crippen MR) is 79.0 cm³/mol. The number of aliphatic hydroxyl groups is 1. The minimum absolute atomic E-state index is 0.498. The van der Waals surface area contributed by atoms with Gasteiger partial charge in [-0.05, 0) is 47.9 Å². The number of rotatable bonds is 3. The fourth-order valence-corrected chi connectivity index (χ4v) is 2.67. The van der Waals surface area contributed by atoms with Crippen LogP contribution in [0.4, 0.5) is 0 Å². The van der Waals surface area contributed by atoms with Crippen LogP contribution in [-0.2, 0) is 6.42 Å². The zero-order valence-electron chi connectivity index (χ0n) is 10.0. The molecule has 0 aromatic heterocycles. The molecule has 0 bridgehead atoms. The van der Waals surface area contributed by atoms with Crippen molar-refractivity contribution >= 4 is 27.5 Å². The van der Waals surface area contributed by atoms with Crippen molar-refractivity contribution in [2.45, 2.75) is 19.4 Å². The van der Waals surface area contributed by atoms with Gasteiger partial charge < -0.3 is 5.11 Å². The number of hydrogen-bond donors (Lipinski definition) is 1. The highest BCUT2D eigenvalue weighted by Gasteiger charge is 2.09. The highest BCUT2D eigenvalue weighted by Crippen LogP contribution is 2.24. The number of halogens is 2. The Bertz CT molecular complexity index is 516. The van der Waals surface area contributed by atoms with Crippen molar-refractivity contribution in [3.05, 3.63) is 68.7 Å². The molecule has 2 aromatic rings. The maximum Gasteiger partial charge on any atom is 0.0830 e. The second kappa shape index (κ2) is 5.87. The lowest BCUT2D eigenvalue weighted by molar-refractivity contribution is 0.178. The van der Waals surface area contributed by atoms with Gasteiger partial charge in [-0.3, -0.25) is 0 Å². The van der Waals surface area contributed by atoms with Crippen molar-refractivity contribution in [3.63, 3.8) is 0 Å². The molecular formula is C15H14BrClO. The molecule has 0 saturated heterocycles. The Kier molecular flexibility index (Phi) is 4.44. The summed E-state index contributed by atoms with van der Waals surface area (Å²) in [5, 5.41) is 11.0. The second-order valence-corrected chi connectivity index (χ2v) is 5.76. The van der Waals surface area contributed by atoms with E-state index >= 15 is 0 Å². The fraction of sp³-hybridized carbons (Fsp3) is 0.200. The summed E-state index contributed by atoms with van der Waals surface area (Å²) in [7, 11) is 0. The molecule has 2 aromatic carbocycles. The standard InChI is InChI=1S/C15H14BrClO/c1-10-6-12(9-13(16)7-10)15(18)8-11-2-4-14(17)5-3-11/h2-7,9,15,18H,8H2,1H3. The monoisotopic (exact) mass is 324 g/mol. The third-order valence-corrected chi connectivity index (χ3v) is 3.50. The Balaban J connectivity index is 2.16. The highest BCUT2D eigenvalue weighted by molar-refractivity contribution is 9.10. The van der Waals surface area contributed by atoms with Crippen LogP contribution in [0.25, 0.3) is 0 Å². The van der Waals surface area contributed by atoms with E-state index in [0.717, 1.165) is 21.2 Å². The zero-order valence-corrected chi connectivity index (χ0v) is 12.4. The number of aliphatic hydroxyl groups excluding tert-OH is 1. The van der Waals surface area contributed by atoms with Crippen LogP contribution in [-0.4, -0.2) is 5.11 Å². The van der Waals surface area contributed by atoms with Crippen molar-refractivity contribution in [3.8, 4) is 0 Å². The van der Waals surface area contributed by atoms with E-state index in [9.17, 15) is 5.11 Å². The first-order valence-electron chi connectivity index (χ1n) is 5.74. The molecular weight excluding hydrogens is 312 g/mol. The average Bonchev–Trinajstić information content (AvgIpc) is 2.31. The Hall–Kier alpha value is -0.830. The van der Waals surface area contributed by atoms with Gasteiger partial charge in [0.05, 0.1) is 6.10 Å². The van der Waals surface area contributed by atoms with Crippen LogP contribution < -0.4 is 0 Å². The van der Waals surface area contributed by atoms with E-state index in [-0.39, 0.29) is 0 Å². The molecule has 0 aliphatic heterocycles. The molecule has 0 amide bonds. The minimum Gasteiger partial charge on any atom is -0.388 e. The summed E-state index contributed by atoms with van der Waals surface area (Å²) in [5.74, 6) is 0. The van der Waals surface area contributed by atoms with Crippen LogP contribution >= 0.6 is 27.5 Å². The van der Waals surface area contributed by atoms with Gasteiger partial charge in [-0.25, -0.2) is 0 Å². The van der Waals surface area contributed by atoms with E-state index in [1.165, 1.54) is 0 Å². The molecule has 0 aliphatic rings. The molecule has 1 N–H and O–H groups in total. The van der Waals surface area contributed by atoms with Crippen LogP contribution in [0.3, 0.4) is 0 Å². The molecule has 0 aliphatic carbocycles. The second-order valence-electron chi connectivity index (χ2n) is 4.41.